The van der Waals surface area contributed by atoms with Gasteiger partial charge in [-0.3, -0.25) is 4.90 Å². The summed E-state index contributed by atoms with van der Waals surface area (Å²) >= 11 is 0. The molecule has 3 heteroatoms. The Bertz CT molecular complexity index is 360. The highest BCUT2D eigenvalue weighted by molar-refractivity contribution is 5.25. The van der Waals surface area contributed by atoms with Crippen LogP contribution in [0.3, 0.4) is 0 Å². The normalized spacial score (nSPS) is 14.9. The van der Waals surface area contributed by atoms with Gasteiger partial charge < -0.3 is 10.5 Å². The molecule has 1 aromatic carbocycles. The Morgan fingerprint density at radius 1 is 1.16 bits per heavy atom. The molecule has 0 aliphatic heterocycles. The van der Waals surface area contributed by atoms with Crippen molar-refractivity contribution in [1.29, 1.82) is 0 Å². The predicted octanol–water partition coefficient (Wildman–Crippen LogP) is 2.74. The molecule has 2 unspecified atom stereocenters. The van der Waals surface area contributed by atoms with Gasteiger partial charge in [0.05, 0.1) is 12.7 Å². The van der Waals surface area contributed by atoms with Crippen molar-refractivity contribution in [3.05, 3.63) is 35.4 Å². The Morgan fingerprint density at radius 2 is 1.74 bits per heavy atom. The van der Waals surface area contributed by atoms with Crippen LogP contribution in [0.4, 0.5) is 0 Å². The van der Waals surface area contributed by atoms with E-state index < -0.39 is 0 Å². The average Bonchev–Trinajstić information content (AvgIpc) is 2.31. The van der Waals surface area contributed by atoms with E-state index in [9.17, 15) is 0 Å². The van der Waals surface area contributed by atoms with Gasteiger partial charge in [-0.1, -0.05) is 29.8 Å². The third kappa shape index (κ3) is 5.31. The smallest absolute Gasteiger partial charge is 0.0597 e. The van der Waals surface area contributed by atoms with Crippen LogP contribution in [0.5, 0.6) is 0 Å². The lowest BCUT2D eigenvalue weighted by molar-refractivity contribution is 0.0535. The minimum absolute atomic E-state index is 0.0896. The van der Waals surface area contributed by atoms with Gasteiger partial charge in [0.15, 0.2) is 0 Å². The lowest BCUT2D eigenvalue weighted by Crippen LogP contribution is -2.39. The number of likely N-dealkylation sites (N-methyl/N-ethyl adjacent to an activating group) is 1. The molecule has 0 aliphatic carbocycles. The number of ether oxygens (including phenoxy) is 1. The molecule has 0 bridgehead atoms. The first-order valence-corrected chi connectivity index (χ1v) is 7.05. The Morgan fingerprint density at radius 3 is 2.21 bits per heavy atom. The van der Waals surface area contributed by atoms with E-state index in [0.29, 0.717) is 0 Å². The van der Waals surface area contributed by atoms with E-state index in [0.717, 1.165) is 13.2 Å². The average molecular weight is 264 g/mol. The van der Waals surface area contributed by atoms with E-state index in [1.54, 1.807) is 0 Å². The van der Waals surface area contributed by atoms with Gasteiger partial charge in [-0.05, 0) is 40.3 Å². The molecule has 108 valence electrons. The van der Waals surface area contributed by atoms with Gasteiger partial charge in [-0.2, -0.15) is 0 Å². The van der Waals surface area contributed by atoms with Crippen LogP contribution in [0.15, 0.2) is 24.3 Å². The number of hydrogen-bond acceptors (Lipinski definition) is 3. The van der Waals surface area contributed by atoms with Gasteiger partial charge in [0.2, 0.25) is 0 Å². The number of benzene rings is 1. The van der Waals surface area contributed by atoms with E-state index in [1.165, 1.54) is 11.1 Å². The lowest BCUT2D eigenvalue weighted by atomic mass is 9.98. The molecular formula is C16H28N2O. The molecule has 19 heavy (non-hydrogen) atoms. The molecule has 0 saturated carbocycles. The maximum atomic E-state index is 6.16. The van der Waals surface area contributed by atoms with Gasteiger partial charge in [0.1, 0.15) is 0 Å². The van der Waals surface area contributed by atoms with Crippen molar-refractivity contribution in [2.75, 3.05) is 20.2 Å². The molecule has 0 saturated heterocycles. The predicted molar refractivity (Wildman–Crippen MR) is 81.3 cm³/mol. The number of nitrogens with zero attached hydrogens (tertiary/aromatic N) is 1. The highest BCUT2D eigenvalue weighted by Crippen LogP contribution is 2.22. The fourth-order valence-corrected chi connectivity index (χ4v) is 2.29. The van der Waals surface area contributed by atoms with E-state index in [1.807, 2.05) is 0 Å². The summed E-state index contributed by atoms with van der Waals surface area (Å²) in [5.41, 5.74) is 8.70. The van der Waals surface area contributed by atoms with Crippen molar-refractivity contribution in [3.8, 4) is 0 Å². The maximum Gasteiger partial charge on any atom is 0.0597 e. The molecule has 2 atom stereocenters. The summed E-state index contributed by atoms with van der Waals surface area (Å²) in [7, 11) is 2.11. The summed E-state index contributed by atoms with van der Waals surface area (Å²) in [4.78, 5) is 2.28. The summed E-state index contributed by atoms with van der Waals surface area (Å²) in [6.45, 7) is 9.91. The first-order chi connectivity index (χ1) is 8.91. The zero-order valence-corrected chi connectivity index (χ0v) is 12.9. The largest absolute Gasteiger partial charge is 0.377 e. The Hall–Kier alpha value is -0.900. The molecule has 2 N–H and O–H groups in total. The molecule has 0 fully saturated rings. The zero-order valence-electron chi connectivity index (χ0n) is 12.9. The molecule has 0 amide bonds. The van der Waals surface area contributed by atoms with Gasteiger partial charge in [-0.25, -0.2) is 0 Å². The molecule has 0 heterocycles. The standard InChI is InChI=1S/C16H28N2O/c1-12(2)19-11-10-18(5)16(14(4)17)15-8-6-13(3)7-9-15/h6-9,12,14,16H,10-11,17H2,1-5H3. The monoisotopic (exact) mass is 264 g/mol. The van der Waals surface area contributed by atoms with Crippen LogP contribution in [0, 0.1) is 6.92 Å². The second-order valence-corrected chi connectivity index (χ2v) is 5.61. The SMILES string of the molecule is Cc1ccc(C(C(C)N)N(C)CCOC(C)C)cc1. The van der Waals surface area contributed by atoms with Gasteiger partial charge in [-0.15, -0.1) is 0 Å². The Labute approximate surface area is 117 Å². The van der Waals surface area contributed by atoms with E-state index in [-0.39, 0.29) is 18.2 Å². The Balaban J connectivity index is 2.68. The quantitative estimate of drug-likeness (QED) is 0.823. The minimum Gasteiger partial charge on any atom is -0.377 e. The molecule has 0 spiro atoms. The van der Waals surface area contributed by atoms with Crippen LogP contribution < -0.4 is 5.73 Å². The molecule has 0 aromatic heterocycles. The number of aryl methyl sites for hydroxylation is 1. The second kappa shape index (κ2) is 7.63. The van der Waals surface area contributed by atoms with Crippen molar-refractivity contribution in [1.82, 2.24) is 4.90 Å². The third-order valence-electron chi connectivity index (χ3n) is 3.29. The third-order valence-corrected chi connectivity index (χ3v) is 3.29. The van der Waals surface area contributed by atoms with Crippen molar-refractivity contribution in [2.45, 2.75) is 45.9 Å². The fourth-order valence-electron chi connectivity index (χ4n) is 2.29. The summed E-state index contributed by atoms with van der Waals surface area (Å²) in [5, 5.41) is 0. The van der Waals surface area contributed by atoms with Crippen LogP contribution in [0.1, 0.15) is 37.9 Å². The summed E-state index contributed by atoms with van der Waals surface area (Å²) in [6, 6.07) is 8.95. The molecule has 0 aliphatic rings. The Kier molecular flexibility index (Phi) is 6.49. The molecular weight excluding hydrogens is 236 g/mol. The van der Waals surface area contributed by atoms with Crippen LogP contribution in [-0.4, -0.2) is 37.2 Å². The van der Waals surface area contributed by atoms with E-state index >= 15 is 0 Å². The molecule has 0 radical (unpaired) electrons. The van der Waals surface area contributed by atoms with Crippen molar-refractivity contribution >= 4 is 0 Å². The maximum absolute atomic E-state index is 6.16. The zero-order chi connectivity index (χ0) is 14.4. The number of hydrogen-bond donors (Lipinski definition) is 1. The second-order valence-electron chi connectivity index (χ2n) is 5.61. The first-order valence-electron chi connectivity index (χ1n) is 7.05. The molecule has 3 nitrogen and oxygen atoms in total. The summed E-state index contributed by atoms with van der Waals surface area (Å²) in [6.07, 6.45) is 0.279. The summed E-state index contributed by atoms with van der Waals surface area (Å²) in [5.74, 6) is 0. The number of rotatable bonds is 7. The van der Waals surface area contributed by atoms with Gasteiger partial charge >= 0.3 is 0 Å². The van der Waals surface area contributed by atoms with Crippen LogP contribution >= 0.6 is 0 Å². The lowest BCUT2D eigenvalue weighted by Gasteiger charge is -2.31. The van der Waals surface area contributed by atoms with Crippen molar-refractivity contribution in [2.24, 2.45) is 5.73 Å². The van der Waals surface area contributed by atoms with Gasteiger partial charge in [0, 0.05) is 18.6 Å². The van der Waals surface area contributed by atoms with Crippen molar-refractivity contribution < 1.29 is 4.74 Å². The highest BCUT2D eigenvalue weighted by Gasteiger charge is 2.20. The topological polar surface area (TPSA) is 38.5 Å². The number of nitrogens with two attached hydrogens (primary N) is 1. The van der Waals surface area contributed by atoms with Crippen LogP contribution in [0.25, 0.3) is 0 Å². The fraction of sp³-hybridized carbons (Fsp3) is 0.625. The van der Waals surface area contributed by atoms with Crippen LogP contribution in [0.2, 0.25) is 0 Å². The molecule has 1 rings (SSSR count). The minimum atomic E-state index is 0.0896. The van der Waals surface area contributed by atoms with Crippen LogP contribution in [-0.2, 0) is 4.74 Å². The highest BCUT2D eigenvalue weighted by atomic mass is 16.5. The summed E-state index contributed by atoms with van der Waals surface area (Å²) < 4.78 is 5.61. The molecule has 1 aromatic rings. The van der Waals surface area contributed by atoms with Crippen molar-refractivity contribution in [3.63, 3.8) is 0 Å². The van der Waals surface area contributed by atoms with E-state index in [4.69, 9.17) is 10.5 Å². The van der Waals surface area contributed by atoms with E-state index in [2.05, 4.69) is 63.9 Å². The first kappa shape index (κ1) is 16.2. The van der Waals surface area contributed by atoms with Gasteiger partial charge in [0.25, 0.3) is 0 Å².